The van der Waals surface area contributed by atoms with E-state index in [-0.39, 0.29) is 29.5 Å². The third-order valence-corrected chi connectivity index (χ3v) is 4.37. The lowest BCUT2D eigenvalue weighted by molar-refractivity contribution is -0.126. The topological polar surface area (TPSA) is 92.3 Å². The molecule has 1 saturated heterocycles. The van der Waals surface area contributed by atoms with E-state index in [0.717, 1.165) is 24.5 Å². The smallest absolute Gasteiger partial charge is 0.229 e. The number of hydrogen-bond donors (Lipinski definition) is 2. The number of amides is 2. The van der Waals surface area contributed by atoms with Gasteiger partial charge in [0.1, 0.15) is 5.82 Å². The summed E-state index contributed by atoms with van der Waals surface area (Å²) in [5.41, 5.74) is -0.181. The van der Waals surface area contributed by atoms with E-state index in [4.69, 9.17) is 0 Å². The summed E-state index contributed by atoms with van der Waals surface area (Å²) in [7, 11) is -3.48. The van der Waals surface area contributed by atoms with E-state index in [1.165, 1.54) is 0 Å². The highest BCUT2D eigenvalue weighted by atomic mass is 32.2. The van der Waals surface area contributed by atoms with E-state index in [2.05, 4.69) is 10.6 Å². The van der Waals surface area contributed by atoms with Gasteiger partial charge in [-0.1, -0.05) is 0 Å². The maximum Gasteiger partial charge on any atom is 0.229 e. The van der Waals surface area contributed by atoms with Gasteiger partial charge in [0, 0.05) is 19.2 Å². The van der Waals surface area contributed by atoms with E-state index < -0.39 is 27.5 Å². The van der Waals surface area contributed by atoms with Crippen molar-refractivity contribution in [3.63, 3.8) is 0 Å². The zero-order chi connectivity index (χ0) is 15.6. The molecule has 1 aromatic rings. The summed E-state index contributed by atoms with van der Waals surface area (Å²) in [6.07, 6.45) is 1.62. The number of halogens is 1. The number of benzene rings is 1. The number of nitrogens with one attached hydrogen (secondary N) is 2. The SMILES string of the molecule is CS(=O)(=O)c1ccc(F)c(NC(=O)C2CCC(=O)NC2)c1. The van der Waals surface area contributed by atoms with E-state index >= 15 is 0 Å². The number of carbonyl (C=O) groups excluding carboxylic acids is 2. The van der Waals surface area contributed by atoms with Crippen molar-refractivity contribution in [3.05, 3.63) is 24.0 Å². The Labute approximate surface area is 121 Å². The summed E-state index contributed by atoms with van der Waals surface area (Å²) in [5, 5.41) is 4.94. The first-order chi connectivity index (χ1) is 9.77. The quantitative estimate of drug-likeness (QED) is 0.803. The van der Waals surface area contributed by atoms with Crippen molar-refractivity contribution in [2.24, 2.45) is 5.92 Å². The Morgan fingerprint density at radius 2 is 2.14 bits per heavy atom. The van der Waals surface area contributed by atoms with Gasteiger partial charge in [0.15, 0.2) is 9.84 Å². The van der Waals surface area contributed by atoms with Crippen molar-refractivity contribution in [2.45, 2.75) is 17.7 Å². The molecular formula is C13H15FN2O4S. The first kappa shape index (κ1) is 15.4. The predicted octanol–water partition coefficient (Wildman–Crippen LogP) is 0.694. The first-order valence-corrected chi connectivity index (χ1v) is 8.23. The van der Waals surface area contributed by atoms with Crippen molar-refractivity contribution in [1.29, 1.82) is 0 Å². The van der Waals surface area contributed by atoms with Crippen molar-refractivity contribution in [1.82, 2.24) is 5.32 Å². The van der Waals surface area contributed by atoms with Crippen molar-refractivity contribution >= 4 is 27.3 Å². The van der Waals surface area contributed by atoms with Crippen molar-refractivity contribution < 1.29 is 22.4 Å². The Bertz CT molecular complexity index is 677. The van der Waals surface area contributed by atoms with Crippen LogP contribution in [0.4, 0.5) is 10.1 Å². The van der Waals surface area contributed by atoms with Crippen LogP contribution in [-0.4, -0.2) is 33.0 Å². The second kappa shape index (κ2) is 5.80. The number of sulfone groups is 1. The lowest BCUT2D eigenvalue weighted by atomic mass is 9.98. The van der Waals surface area contributed by atoms with Crippen LogP contribution in [0.15, 0.2) is 23.1 Å². The minimum atomic E-state index is -3.48. The van der Waals surface area contributed by atoms with Crippen LogP contribution in [0.3, 0.4) is 0 Å². The zero-order valence-corrected chi connectivity index (χ0v) is 12.2. The molecule has 0 saturated carbocycles. The van der Waals surface area contributed by atoms with Crippen LogP contribution in [0.1, 0.15) is 12.8 Å². The Balaban J connectivity index is 2.15. The second-order valence-corrected chi connectivity index (χ2v) is 6.96. The monoisotopic (exact) mass is 314 g/mol. The van der Waals surface area contributed by atoms with Crippen LogP contribution >= 0.6 is 0 Å². The van der Waals surface area contributed by atoms with Crippen LogP contribution in [0.2, 0.25) is 0 Å². The molecule has 1 fully saturated rings. The molecule has 1 atom stereocenters. The van der Waals surface area contributed by atoms with Crippen molar-refractivity contribution in [3.8, 4) is 0 Å². The fourth-order valence-electron chi connectivity index (χ4n) is 2.02. The van der Waals surface area contributed by atoms with Crippen LogP contribution in [0.25, 0.3) is 0 Å². The van der Waals surface area contributed by atoms with E-state index in [1.54, 1.807) is 0 Å². The standard InChI is InChI=1S/C13H15FN2O4S/c1-21(19,20)9-3-4-10(14)11(6-9)16-13(18)8-2-5-12(17)15-7-8/h3-4,6,8H,2,5,7H2,1H3,(H,15,17)(H,16,18). The fourth-order valence-corrected chi connectivity index (χ4v) is 2.67. The molecule has 1 aliphatic rings. The molecule has 1 aromatic carbocycles. The highest BCUT2D eigenvalue weighted by molar-refractivity contribution is 7.90. The maximum absolute atomic E-state index is 13.7. The maximum atomic E-state index is 13.7. The van der Waals surface area contributed by atoms with Gasteiger partial charge >= 0.3 is 0 Å². The van der Waals surface area contributed by atoms with Gasteiger partial charge in [-0.3, -0.25) is 9.59 Å². The van der Waals surface area contributed by atoms with Crippen LogP contribution in [-0.2, 0) is 19.4 Å². The molecule has 1 unspecified atom stereocenters. The molecule has 114 valence electrons. The minimum Gasteiger partial charge on any atom is -0.355 e. The molecule has 8 heteroatoms. The average molecular weight is 314 g/mol. The number of anilines is 1. The third kappa shape index (κ3) is 3.78. The molecule has 1 heterocycles. The molecule has 21 heavy (non-hydrogen) atoms. The zero-order valence-electron chi connectivity index (χ0n) is 11.3. The fraction of sp³-hybridized carbons (Fsp3) is 0.385. The molecule has 0 bridgehead atoms. The van der Waals surface area contributed by atoms with Gasteiger partial charge < -0.3 is 10.6 Å². The number of piperidine rings is 1. The molecule has 0 aliphatic carbocycles. The van der Waals surface area contributed by atoms with E-state index in [9.17, 15) is 22.4 Å². The highest BCUT2D eigenvalue weighted by Gasteiger charge is 2.25. The third-order valence-electron chi connectivity index (χ3n) is 3.26. The molecule has 0 aromatic heterocycles. The summed E-state index contributed by atoms with van der Waals surface area (Å²) in [6, 6.07) is 3.22. The Morgan fingerprint density at radius 3 is 2.71 bits per heavy atom. The van der Waals surface area contributed by atoms with Crippen molar-refractivity contribution in [2.75, 3.05) is 18.1 Å². The largest absolute Gasteiger partial charge is 0.355 e. The molecule has 1 aliphatic heterocycles. The lowest BCUT2D eigenvalue weighted by Gasteiger charge is -2.21. The summed E-state index contributed by atoms with van der Waals surface area (Å²) in [5.74, 6) is -1.73. The summed E-state index contributed by atoms with van der Waals surface area (Å²) < 4.78 is 36.5. The summed E-state index contributed by atoms with van der Waals surface area (Å²) in [4.78, 5) is 23.0. The number of rotatable bonds is 3. The summed E-state index contributed by atoms with van der Waals surface area (Å²) in [6.45, 7) is 0.193. The van der Waals surface area contributed by atoms with Crippen LogP contribution in [0.5, 0.6) is 0 Å². The lowest BCUT2D eigenvalue weighted by Crippen LogP contribution is -2.40. The second-order valence-electron chi connectivity index (χ2n) is 4.94. The highest BCUT2D eigenvalue weighted by Crippen LogP contribution is 2.21. The Hall–Kier alpha value is -1.96. The number of carbonyl (C=O) groups is 2. The predicted molar refractivity (Wildman–Crippen MR) is 73.9 cm³/mol. The minimum absolute atomic E-state index is 0.0730. The first-order valence-electron chi connectivity index (χ1n) is 6.34. The van der Waals surface area contributed by atoms with Gasteiger partial charge in [-0.15, -0.1) is 0 Å². The van der Waals surface area contributed by atoms with Gasteiger partial charge in [-0.25, -0.2) is 12.8 Å². The van der Waals surface area contributed by atoms with E-state index in [0.29, 0.717) is 6.42 Å². The molecule has 0 radical (unpaired) electrons. The average Bonchev–Trinajstić information content (AvgIpc) is 2.40. The van der Waals surface area contributed by atoms with Crippen LogP contribution in [0, 0.1) is 11.7 Å². The van der Waals surface area contributed by atoms with Gasteiger partial charge in [-0.05, 0) is 24.6 Å². The molecule has 2 rings (SSSR count). The Morgan fingerprint density at radius 1 is 1.43 bits per heavy atom. The molecule has 2 amide bonds. The summed E-state index contributed by atoms with van der Waals surface area (Å²) >= 11 is 0. The molecule has 0 spiro atoms. The van der Waals surface area contributed by atoms with Crippen LogP contribution < -0.4 is 10.6 Å². The van der Waals surface area contributed by atoms with Gasteiger partial charge in [0.05, 0.1) is 16.5 Å². The van der Waals surface area contributed by atoms with E-state index in [1.807, 2.05) is 0 Å². The molecule has 2 N–H and O–H groups in total. The van der Waals surface area contributed by atoms with Gasteiger partial charge in [-0.2, -0.15) is 0 Å². The molecular weight excluding hydrogens is 299 g/mol. The van der Waals surface area contributed by atoms with Gasteiger partial charge in [0.25, 0.3) is 0 Å². The number of hydrogen-bond acceptors (Lipinski definition) is 4. The molecule has 6 nitrogen and oxygen atoms in total. The normalized spacial score (nSPS) is 19.0. The Kier molecular flexibility index (Phi) is 4.26. The van der Waals surface area contributed by atoms with Gasteiger partial charge in [0.2, 0.25) is 11.8 Å².